The highest BCUT2D eigenvalue weighted by Gasteiger charge is 2.41. The smallest absolute Gasteiger partial charge is 0.417 e. The van der Waals surface area contributed by atoms with Gasteiger partial charge in [0.15, 0.2) is 0 Å². The molecule has 0 N–H and O–H groups in total. The van der Waals surface area contributed by atoms with Crippen LogP contribution in [0.15, 0.2) is 47.6 Å². The Kier molecular flexibility index (Phi) is 4.89. The van der Waals surface area contributed by atoms with Gasteiger partial charge in [-0.2, -0.15) is 17.5 Å². The minimum atomic E-state index is -4.99. The van der Waals surface area contributed by atoms with Crippen LogP contribution in [0.2, 0.25) is 0 Å². The van der Waals surface area contributed by atoms with Crippen LogP contribution in [0.3, 0.4) is 0 Å². The number of benzene rings is 1. The van der Waals surface area contributed by atoms with Crippen LogP contribution in [0.25, 0.3) is 0 Å². The van der Waals surface area contributed by atoms with Crippen LogP contribution in [-0.4, -0.2) is 36.9 Å². The Morgan fingerprint density at radius 1 is 1.23 bits per heavy atom. The fourth-order valence-electron chi connectivity index (χ4n) is 2.71. The van der Waals surface area contributed by atoms with Crippen LogP contribution in [-0.2, 0) is 16.2 Å². The Morgan fingerprint density at radius 3 is 2.65 bits per heavy atom. The van der Waals surface area contributed by atoms with Crippen molar-refractivity contribution in [3.05, 3.63) is 54.1 Å². The van der Waals surface area contributed by atoms with Gasteiger partial charge in [0.1, 0.15) is 17.7 Å². The van der Waals surface area contributed by atoms with E-state index in [1.54, 1.807) is 18.3 Å². The predicted octanol–water partition coefficient (Wildman–Crippen LogP) is 3.08. The zero-order valence-corrected chi connectivity index (χ0v) is 14.1. The molecule has 10 heteroatoms. The van der Waals surface area contributed by atoms with Gasteiger partial charge in [0.2, 0.25) is 10.0 Å². The van der Waals surface area contributed by atoms with E-state index in [1.807, 2.05) is 0 Å². The Hall–Kier alpha value is -2.20. The number of aromatic nitrogens is 1. The summed E-state index contributed by atoms with van der Waals surface area (Å²) < 4.78 is 84.4. The molecule has 1 aromatic carbocycles. The number of ether oxygens (including phenoxy) is 1. The van der Waals surface area contributed by atoms with Crippen molar-refractivity contribution in [3.8, 4) is 5.75 Å². The van der Waals surface area contributed by atoms with E-state index in [4.69, 9.17) is 4.74 Å². The molecule has 1 aliphatic rings. The van der Waals surface area contributed by atoms with E-state index in [0.717, 1.165) is 4.31 Å². The van der Waals surface area contributed by atoms with Gasteiger partial charge < -0.3 is 4.74 Å². The molecule has 1 saturated heterocycles. The molecule has 2 aromatic rings. The van der Waals surface area contributed by atoms with E-state index >= 15 is 0 Å². The third kappa shape index (κ3) is 3.80. The molecule has 0 spiro atoms. The summed E-state index contributed by atoms with van der Waals surface area (Å²) in [7, 11) is -4.44. The molecule has 26 heavy (non-hydrogen) atoms. The zero-order valence-electron chi connectivity index (χ0n) is 13.3. The van der Waals surface area contributed by atoms with Gasteiger partial charge in [-0.15, -0.1) is 0 Å². The van der Waals surface area contributed by atoms with Crippen LogP contribution in [0.5, 0.6) is 5.75 Å². The lowest BCUT2D eigenvalue weighted by Gasteiger charge is -2.20. The maximum absolute atomic E-state index is 13.2. The van der Waals surface area contributed by atoms with Crippen molar-refractivity contribution in [2.75, 3.05) is 13.1 Å². The summed E-state index contributed by atoms with van der Waals surface area (Å²) in [4.78, 5) is 2.91. The minimum absolute atomic E-state index is 0.00192. The van der Waals surface area contributed by atoms with Crippen LogP contribution in [0.1, 0.15) is 12.0 Å². The number of hydrogen-bond acceptors (Lipinski definition) is 4. The lowest BCUT2D eigenvalue weighted by molar-refractivity contribution is -0.140. The standard InChI is InChI=1S/C16H14F4N2O3S/c17-11-3-4-15(14(8-11)16(18,19)20)26(23,24)22-7-5-13(10-22)25-12-2-1-6-21-9-12/h1-4,6,8-9,13H,5,7,10H2/t13-/m1/s1. The van der Waals surface area contributed by atoms with Gasteiger partial charge in [-0.3, -0.25) is 4.98 Å². The molecular weight excluding hydrogens is 376 g/mol. The molecule has 0 aliphatic carbocycles. The Morgan fingerprint density at radius 2 is 2.00 bits per heavy atom. The van der Waals surface area contributed by atoms with Crippen LogP contribution in [0, 0.1) is 5.82 Å². The highest BCUT2D eigenvalue weighted by Crippen LogP contribution is 2.36. The number of nitrogens with zero attached hydrogens (tertiary/aromatic N) is 2. The molecule has 1 aliphatic heterocycles. The van der Waals surface area contributed by atoms with E-state index in [0.29, 0.717) is 24.3 Å². The molecule has 5 nitrogen and oxygen atoms in total. The third-order valence-electron chi connectivity index (χ3n) is 3.91. The number of hydrogen-bond donors (Lipinski definition) is 0. The third-order valence-corrected chi connectivity index (χ3v) is 5.83. The van der Waals surface area contributed by atoms with Gasteiger partial charge in [0, 0.05) is 12.7 Å². The van der Waals surface area contributed by atoms with Gasteiger partial charge in [-0.05, 0) is 36.8 Å². The van der Waals surface area contributed by atoms with E-state index in [9.17, 15) is 26.0 Å². The monoisotopic (exact) mass is 390 g/mol. The first kappa shape index (κ1) is 18.6. The van der Waals surface area contributed by atoms with Gasteiger partial charge >= 0.3 is 6.18 Å². The molecule has 1 atom stereocenters. The molecule has 0 unspecified atom stereocenters. The molecule has 3 rings (SSSR count). The summed E-state index contributed by atoms with van der Waals surface area (Å²) in [5, 5.41) is 0. The number of rotatable bonds is 4. The first-order valence-electron chi connectivity index (χ1n) is 7.61. The molecular formula is C16H14F4N2O3S. The quantitative estimate of drug-likeness (QED) is 0.753. The summed E-state index contributed by atoms with van der Waals surface area (Å²) >= 11 is 0. The summed E-state index contributed by atoms with van der Waals surface area (Å²) in [6.07, 6.45) is -2.18. The molecule has 0 saturated carbocycles. The number of sulfonamides is 1. The average molecular weight is 390 g/mol. The van der Waals surface area contributed by atoms with Gasteiger partial charge in [0.25, 0.3) is 0 Å². The second-order valence-electron chi connectivity index (χ2n) is 5.72. The minimum Gasteiger partial charge on any atom is -0.487 e. The second kappa shape index (κ2) is 6.84. The summed E-state index contributed by atoms with van der Waals surface area (Å²) in [6, 6.07) is 4.82. The van der Waals surface area contributed by atoms with Crippen molar-refractivity contribution in [1.82, 2.24) is 9.29 Å². The molecule has 1 fully saturated rings. The van der Waals surface area contributed by atoms with Gasteiger partial charge in [0.05, 0.1) is 23.2 Å². The van der Waals surface area contributed by atoms with Gasteiger partial charge in [-0.25, -0.2) is 12.8 Å². The van der Waals surface area contributed by atoms with E-state index in [2.05, 4.69) is 4.98 Å². The molecule has 0 radical (unpaired) electrons. The average Bonchev–Trinajstić information content (AvgIpc) is 3.04. The Labute approximate surface area is 147 Å². The second-order valence-corrected chi connectivity index (χ2v) is 7.62. The van der Waals surface area contributed by atoms with E-state index in [1.165, 1.54) is 6.20 Å². The maximum atomic E-state index is 13.2. The van der Waals surface area contributed by atoms with Gasteiger partial charge in [-0.1, -0.05) is 0 Å². The van der Waals surface area contributed by atoms with Crippen molar-refractivity contribution in [2.24, 2.45) is 0 Å². The normalized spacial score (nSPS) is 18.8. The van der Waals surface area contributed by atoms with Crippen molar-refractivity contribution >= 4 is 10.0 Å². The fraction of sp³-hybridized carbons (Fsp3) is 0.312. The number of alkyl halides is 3. The first-order valence-corrected chi connectivity index (χ1v) is 9.05. The fourth-order valence-corrected chi connectivity index (χ4v) is 4.39. The van der Waals surface area contributed by atoms with Crippen molar-refractivity contribution in [2.45, 2.75) is 23.6 Å². The summed E-state index contributed by atoms with van der Waals surface area (Å²) in [5.41, 5.74) is -1.52. The summed E-state index contributed by atoms with van der Waals surface area (Å²) in [6.45, 7) is -0.103. The highest BCUT2D eigenvalue weighted by atomic mass is 32.2. The topological polar surface area (TPSA) is 59.5 Å². The molecule has 0 amide bonds. The van der Waals surface area contributed by atoms with Crippen molar-refractivity contribution < 1.29 is 30.7 Å². The summed E-state index contributed by atoms with van der Waals surface area (Å²) in [5.74, 6) is -0.718. The van der Waals surface area contributed by atoms with Crippen molar-refractivity contribution in [1.29, 1.82) is 0 Å². The van der Waals surface area contributed by atoms with E-state index in [-0.39, 0.29) is 19.2 Å². The Bertz CT molecular complexity index is 888. The highest BCUT2D eigenvalue weighted by molar-refractivity contribution is 7.89. The maximum Gasteiger partial charge on any atom is 0.417 e. The molecule has 140 valence electrons. The lowest BCUT2D eigenvalue weighted by atomic mass is 10.2. The largest absolute Gasteiger partial charge is 0.487 e. The first-order chi connectivity index (χ1) is 12.2. The molecule has 0 bridgehead atoms. The van der Waals surface area contributed by atoms with E-state index < -0.39 is 38.6 Å². The number of pyridine rings is 1. The SMILES string of the molecule is O=S(=O)(c1ccc(F)cc1C(F)(F)F)N1CC[C@@H](Oc2cccnc2)C1. The lowest BCUT2D eigenvalue weighted by Crippen LogP contribution is -2.32. The van der Waals surface area contributed by atoms with Crippen molar-refractivity contribution in [3.63, 3.8) is 0 Å². The zero-order chi connectivity index (χ0) is 18.9. The van der Waals surface area contributed by atoms with Crippen LogP contribution in [0.4, 0.5) is 17.6 Å². The molecule has 2 heterocycles. The predicted molar refractivity (Wildman–Crippen MR) is 83.4 cm³/mol. The van der Waals surface area contributed by atoms with Crippen LogP contribution >= 0.6 is 0 Å². The molecule has 1 aromatic heterocycles. The number of halogens is 4. The Balaban J connectivity index is 1.84. The van der Waals surface area contributed by atoms with Crippen LogP contribution < -0.4 is 4.74 Å².